The van der Waals surface area contributed by atoms with Crippen molar-refractivity contribution in [2.75, 3.05) is 7.11 Å². The molecular weight excluding hydrogens is 394 g/mol. The van der Waals surface area contributed by atoms with Crippen LogP contribution in [0.2, 0.25) is 0 Å². The third-order valence-corrected chi connectivity index (χ3v) is 4.01. The van der Waals surface area contributed by atoms with Gasteiger partial charge in [0.25, 0.3) is 5.91 Å². The number of aromatic nitrogens is 2. The van der Waals surface area contributed by atoms with Gasteiger partial charge in [0.2, 0.25) is 0 Å². The lowest BCUT2D eigenvalue weighted by Gasteiger charge is -2.09. The van der Waals surface area contributed by atoms with Gasteiger partial charge in [-0.15, -0.1) is 0 Å². The minimum atomic E-state index is -0.616. The van der Waals surface area contributed by atoms with Crippen LogP contribution in [-0.4, -0.2) is 44.1 Å². The van der Waals surface area contributed by atoms with E-state index < -0.39 is 10.8 Å². The van der Waals surface area contributed by atoms with Crippen molar-refractivity contribution in [3.8, 4) is 17.2 Å². The SMILES string of the molecule is COc1ccc(/C=N/NC(=O)c2cc(O)cc(O)c2)cc1Cn1cc([N+](=O)[O-])cn1. The maximum Gasteiger partial charge on any atom is 0.307 e. The van der Waals surface area contributed by atoms with Crippen molar-refractivity contribution in [2.45, 2.75) is 6.54 Å². The van der Waals surface area contributed by atoms with E-state index in [1.807, 2.05) is 0 Å². The number of rotatable bonds is 7. The van der Waals surface area contributed by atoms with Crippen molar-refractivity contribution in [1.29, 1.82) is 0 Å². The van der Waals surface area contributed by atoms with Gasteiger partial charge in [-0.3, -0.25) is 19.6 Å². The van der Waals surface area contributed by atoms with Gasteiger partial charge in [0, 0.05) is 17.2 Å². The Morgan fingerprint density at radius 3 is 2.67 bits per heavy atom. The van der Waals surface area contributed by atoms with E-state index in [1.165, 1.54) is 36.3 Å². The average Bonchev–Trinajstić information content (AvgIpc) is 3.16. The number of phenolic OH excluding ortho intramolecular Hbond substituents is 2. The average molecular weight is 411 g/mol. The number of aromatic hydroxyl groups is 2. The summed E-state index contributed by atoms with van der Waals surface area (Å²) in [6.45, 7) is 0.230. The highest BCUT2D eigenvalue weighted by atomic mass is 16.6. The topological polar surface area (TPSA) is 152 Å². The molecule has 0 saturated heterocycles. The van der Waals surface area contributed by atoms with Gasteiger partial charge in [-0.1, -0.05) is 0 Å². The van der Waals surface area contributed by atoms with E-state index in [2.05, 4.69) is 15.6 Å². The zero-order valence-corrected chi connectivity index (χ0v) is 15.7. The van der Waals surface area contributed by atoms with E-state index in [1.54, 1.807) is 18.2 Å². The fourth-order valence-corrected chi connectivity index (χ4v) is 2.67. The first-order chi connectivity index (χ1) is 14.4. The van der Waals surface area contributed by atoms with Gasteiger partial charge in [0.1, 0.15) is 29.6 Å². The van der Waals surface area contributed by atoms with E-state index in [0.717, 1.165) is 12.3 Å². The molecule has 0 saturated carbocycles. The number of carbonyl (C=O) groups excluding carboxylic acids is 1. The van der Waals surface area contributed by atoms with E-state index in [4.69, 9.17) is 4.74 Å². The first-order valence-electron chi connectivity index (χ1n) is 8.56. The largest absolute Gasteiger partial charge is 0.508 e. The molecule has 3 rings (SSSR count). The van der Waals surface area contributed by atoms with Crippen LogP contribution in [0.5, 0.6) is 17.2 Å². The Morgan fingerprint density at radius 1 is 1.30 bits per heavy atom. The van der Waals surface area contributed by atoms with Crippen LogP contribution in [0, 0.1) is 10.1 Å². The van der Waals surface area contributed by atoms with Crippen LogP contribution in [0.25, 0.3) is 0 Å². The molecule has 11 heteroatoms. The number of hydrogen-bond donors (Lipinski definition) is 3. The van der Waals surface area contributed by atoms with Crippen LogP contribution in [0.1, 0.15) is 21.5 Å². The number of benzene rings is 2. The van der Waals surface area contributed by atoms with Gasteiger partial charge in [-0.2, -0.15) is 10.2 Å². The van der Waals surface area contributed by atoms with Gasteiger partial charge in [0.15, 0.2) is 0 Å². The Morgan fingerprint density at radius 2 is 2.03 bits per heavy atom. The Hall–Kier alpha value is -4.41. The summed E-state index contributed by atoms with van der Waals surface area (Å²) in [4.78, 5) is 22.3. The summed E-state index contributed by atoms with van der Waals surface area (Å²) in [5.74, 6) is -0.551. The molecule has 3 aromatic rings. The highest BCUT2D eigenvalue weighted by molar-refractivity contribution is 5.95. The summed E-state index contributed by atoms with van der Waals surface area (Å²) in [5, 5.41) is 37.5. The van der Waals surface area contributed by atoms with Gasteiger partial charge in [0.05, 0.1) is 24.8 Å². The molecule has 1 aromatic heterocycles. The summed E-state index contributed by atoms with van der Waals surface area (Å²) in [7, 11) is 1.50. The van der Waals surface area contributed by atoms with Crippen molar-refractivity contribution in [3.63, 3.8) is 0 Å². The molecule has 0 radical (unpaired) electrons. The Balaban J connectivity index is 1.73. The normalized spacial score (nSPS) is 10.8. The fourth-order valence-electron chi connectivity index (χ4n) is 2.67. The molecule has 30 heavy (non-hydrogen) atoms. The molecule has 1 heterocycles. The number of hydrogen-bond acceptors (Lipinski definition) is 8. The second kappa shape index (κ2) is 8.73. The number of methoxy groups -OCH3 is 1. The lowest BCUT2D eigenvalue weighted by atomic mass is 10.1. The fraction of sp³-hybridized carbons (Fsp3) is 0.105. The molecule has 2 aromatic carbocycles. The number of hydrazone groups is 1. The number of nitro groups is 1. The third kappa shape index (κ3) is 4.90. The van der Waals surface area contributed by atoms with Gasteiger partial charge < -0.3 is 14.9 Å². The minimum absolute atomic E-state index is 0.0420. The van der Waals surface area contributed by atoms with Crippen LogP contribution in [0.15, 0.2) is 53.9 Å². The van der Waals surface area contributed by atoms with Crippen molar-refractivity contribution >= 4 is 17.8 Å². The molecule has 0 unspecified atom stereocenters. The molecule has 0 aliphatic carbocycles. The van der Waals surface area contributed by atoms with E-state index in [0.29, 0.717) is 16.9 Å². The zero-order valence-electron chi connectivity index (χ0n) is 15.7. The van der Waals surface area contributed by atoms with Crippen molar-refractivity contribution in [3.05, 3.63) is 75.6 Å². The van der Waals surface area contributed by atoms with E-state index >= 15 is 0 Å². The van der Waals surface area contributed by atoms with Crippen LogP contribution in [-0.2, 0) is 6.54 Å². The number of ether oxygens (including phenoxy) is 1. The standard InChI is InChI=1S/C19H17N5O6/c1-30-18-3-2-12(4-14(18)10-23-11-15(9-21-23)24(28)29)8-20-22-19(27)13-5-16(25)7-17(26)6-13/h2-9,11,25-26H,10H2,1H3,(H,22,27)/b20-8+. The molecule has 0 aliphatic heterocycles. The second-order valence-electron chi connectivity index (χ2n) is 6.16. The molecular formula is C19H17N5O6. The number of amides is 1. The second-order valence-corrected chi connectivity index (χ2v) is 6.16. The van der Waals surface area contributed by atoms with E-state index in [-0.39, 0.29) is 29.3 Å². The maximum atomic E-state index is 12.1. The van der Waals surface area contributed by atoms with Gasteiger partial charge in [-0.25, -0.2) is 5.43 Å². The highest BCUT2D eigenvalue weighted by Gasteiger charge is 2.11. The van der Waals surface area contributed by atoms with Crippen molar-refractivity contribution in [2.24, 2.45) is 5.10 Å². The molecule has 0 aliphatic rings. The predicted octanol–water partition coefficient (Wildman–Crippen LogP) is 2.02. The predicted molar refractivity (Wildman–Crippen MR) is 106 cm³/mol. The zero-order chi connectivity index (χ0) is 21.7. The van der Waals surface area contributed by atoms with Gasteiger partial charge in [-0.05, 0) is 35.9 Å². The monoisotopic (exact) mass is 411 g/mol. The molecule has 0 fully saturated rings. The smallest absolute Gasteiger partial charge is 0.307 e. The van der Waals surface area contributed by atoms with Crippen molar-refractivity contribution < 1.29 is 24.7 Å². The molecule has 11 nitrogen and oxygen atoms in total. The molecule has 3 N–H and O–H groups in total. The molecule has 0 atom stereocenters. The quantitative estimate of drug-likeness (QED) is 0.305. The maximum absolute atomic E-state index is 12.1. The first-order valence-corrected chi connectivity index (χ1v) is 8.56. The Kier molecular flexibility index (Phi) is 5.92. The van der Waals surface area contributed by atoms with Crippen molar-refractivity contribution in [1.82, 2.24) is 15.2 Å². The summed E-state index contributed by atoms with van der Waals surface area (Å²) in [6, 6.07) is 8.64. The van der Waals surface area contributed by atoms with E-state index in [9.17, 15) is 25.1 Å². The van der Waals surface area contributed by atoms with Crippen LogP contribution < -0.4 is 10.2 Å². The third-order valence-electron chi connectivity index (χ3n) is 4.01. The molecule has 154 valence electrons. The summed E-state index contributed by atoms with van der Waals surface area (Å²) >= 11 is 0. The number of nitrogens with zero attached hydrogens (tertiary/aromatic N) is 4. The summed E-state index contributed by atoms with van der Waals surface area (Å²) < 4.78 is 6.72. The first kappa shape index (κ1) is 20.3. The number of carbonyl (C=O) groups is 1. The Labute approximate surface area is 170 Å². The van der Waals surface area contributed by atoms with Crippen LogP contribution in [0.3, 0.4) is 0 Å². The number of phenols is 2. The van der Waals surface area contributed by atoms with Gasteiger partial charge >= 0.3 is 5.69 Å². The lowest BCUT2D eigenvalue weighted by Crippen LogP contribution is -2.17. The van der Waals surface area contributed by atoms with Crippen LogP contribution >= 0.6 is 0 Å². The summed E-state index contributed by atoms with van der Waals surface area (Å²) in [5.41, 5.74) is 3.55. The van der Waals surface area contributed by atoms with Crippen LogP contribution in [0.4, 0.5) is 5.69 Å². The summed E-state index contributed by atoms with van der Waals surface area (Å²) in [6.07, 6.45) is 3.87. The molecule has 0 spiro atoms. The Bertz CT molecular complexity index is 1100. The highest BCUT2D eigenvalue weighted by Crippen LogP contribution is 2.22. The molecule has 1 amide bonds. The molecule has 0 bridgehead atoms. The number of nitrogens with one attached hydrogen (secondary N) is 1. The lowest BCUT2D eigenvalue weighted by molar-refractivity contribution is -0.385. The minimum Gasteiger partial charge on any atom is -0.508 e.